The molecule has 7 heteroatoms. The van der Waals surface area contributed by atoms with Crippen molar-refractivity contribution in [2.45, 2.75) is 26.9 Å². The molecule has 0 spiro atoms. The lowest BCUT2D eigenvalue weighted by Gasteiger charge is -2.19. The molecule has 2 rings (SSSR count). The van der Waals surface area contributed by atoms with Crippen LogP contribution in [-0.4, -0.2) is 24.1 Å². The second-order valence-corrected chi connectivity index (χ2v) is 6.33. The van der Waals surface area contributed by atoms with Gasteiger partial charge in [-0.3, -0.25) is 0 Å². The van der Waals surface area contributed by atoms with Crippen LogP contribution < -0.4 is 15.5 Å². The van der Waals surface area contributed by atoms with Crippen molar-refractivity contribution in [2.75, 3.05) is 18.0 Å². The van der Waals surface area contributed by atoms with Crippen molar-refractivity contribution in [2.24, 2.45) is 0 Å². The van der Waals surface area contributed by atoms with E-state index < -0.39 is 0 Å². The predicted molar refractivity (Wildman–Crippen MR) is 96.2 cm³/mol. The Bertz CT molecular complexity index is 625. The van der Waals surface area contributed by atoms with Gasteiger partial charge in [-0.1, -0.05) is 17.7 Å². The molecule has 2 N–H and O–H groups in total. The van der Waals surface area contributed by atoms with Gasteiger partial charge in [0.25, 0.3) is 0 Å². The first-order valence-corrected chi connectivity index (χ1v) is 8.83. The third-order valence-electron chi connectivity index (χ3n) is 3.45. The van der Waals surface area contributed by atoms with Gasteiger partial charge in [-0.2, -0.15) is 0 Å². The molecule has 2 aromatic heterocycles. The number of anilines is 1. The molecule has 124 valence electrons. The van der Waals surface area contributed by atoms with Crippen LogP contribution in [0.15, 0.2) is 29.8 Å². The maximum Gasteiger partial charge on any atom is 0.315 e. The highest BCUT2D eigenvalue weighted by Crippen LogP contribution is 2.21. The normalized spacial score (nSPS) is 10.4. The van der Waals surface area contributed by atoms with Crippen LogP contribution in [-0.2, 0) is 13.1 Å². The molecule has 5 nitrogen and oxygen atoms in total. The molecule has 0 aliphatic carbocycles. The van der Waals surface area contributed by atoms with Crippen molar-refractivity contribution in [3.8, 4) is 0 Å². The van der Waals surface area contributed by atoms with Crippen molar-refractivity contribution in [3.63, 3.8) is 0 Å². The zero-order chi connectivity index (χ0) is 16.7. The van der Waals surface area contributed by atoms with Crippen LogP contribution in [0.4, 0.5) is 10.6 Å². The molecule has 0 atom stereocenters. The Labute approximate surface area is 145 Å². The van der Waals surface area contributed by atoms with Crippen LogP contribution in [0.25, 0.3) is 0 Å². The lowest BCUT2D eigenvalue weighted by atomic mass is 10.2. The zero-order valence-electron chi connectivity index (χ0n) is 13.3. The number of urea groups is 1. The number of nitrogens with zero attached hydrogens (tertiary/aromatic N) is 2. The number of amides is 2. The molecule has 0 aliphatic heterocycles. The van der Waals surface area contributed by atoms with Gasteiger partial charge in [0.1, 0.15) is 5.82 Å². The minimum absolute atomic E-state index is 0.220. The Morgan fingerprint density at radius 3 is 2.52 bits per heavy atom. The van der Waals surface area contributed by atoms with E-state index in [1.54, 1.807) is 6.20 Å². The predicted octanol–water partition coefficient (Wildman–Crippen LogP) is 3.64. The summed E-state index contributed by atoms with van der Waals surface area (Å²) in [5.74, 6) is 0.954. The molecule has 23 heavy (non-hydrogen) atoms. The average Bonchev–Trinajstić information content (AvgIpc) is 2.98. The van der Waals surface area contributed by atoms with Crippen LogP contribution in [0.1, 0.15) is 24.3 Å². The van der Waals surface area contributed by atoms with Crippen LogP contribution in [0, 0.1) is 0 Å². The highest BCUT2D eigenvalue weighted by atomic mass is 35.5. The molecule has 0 aliphatic rings. The van der Waals surface area contributed by atoms with E-state index in [1.807, 2.05) is 23.6 Å². The first-order valence-electron chi connectivity index (χ1n) is 7.57. The number of carbonyl (C=O) groups is 1. The summed E-state index contributed by atoms with van der Waals surface area (Å²) >= 11 is 7.51. The molecule has 2 heterocycles. The lowest BCUT2D eigenvalue weighted by molar-refractivity contribution is 0.240. The number of carbonyl (C=O) groups excluding carboxylic acids is 1. The number of aromatic nitrogens is 1. The number of hydrogen-bond acceptors (Lipinski definition) is 4. The van der Waals surface area contributed by atoms with Gasteiger partial charge in [0.2, 0.25) is 0 Å². The van der Waals surface area contributed by atoms with Crippen molar-refractivity contribution in [1.82, 2.24) is 15.6 Å². The number of pyridine rings is 1. The Hall–Kier alpha value is -1.79. The van der Waals surface area contributed by atoms with Gasteiger partial charge in [-0.15, -0.1) is 11.3 Å². The largest absolute Gasteiger partial charge is 0.357 e. The fourth-order valence-corrected chi connectivity index (χ4v) is 3.16. The van der Waals surface area contributed by atoms with Crippen LogP contribution in [0.2, 0.25) is 5.02 Å². The van der Waals surface area contributed by atoms with E-state index in [4.69, 9.17) is 11.6 Å². The molecule has 0 aromatic carbocycles. The van der Waals surface area contributed by atoms with E-state index in [-0.39, 0.29) is 6.03 Å². The molecular weight excluding hydrogens is 332 g/mol. The lowest BCUT2D eigenvalue weighted by Crippen LogP contribution is -2.34. The van der Waals surface area contributed by atoms with E-state index in [1.165, 1.54) is 11.3 Å². The number of thiophene rings is 1. The molecule has 0 fully saturated rings. The van der Waals surface area contributed by atoms with Crippen molar-refractivity contribution in [3.05, 3.63) is 45.2 Å². The van der Waals surface area contributed by atoms with Gasteiger partial charge in [0, 0.05) is 30.7 Å². The number of hydrogen-bond donors (Lipinski definition) is 2. The first-order chi connectivity index (χ1) is 11.1. The summed E-state index contributed by atoms with van der Waals surface area (Å²) in [5.41, 5.74) is 0.963. The maximum absolute atomic E-state index is 11.8. The standard InChI is InChI=1S/C16H21ClN4OS/c1-3-21(4-2)15-6-5-12(9-18-15)10-19-16(22)20-11-14-13(17)7-8-23-14/h5-9H,3-4,10-11H2,1-2H3,(H2,19,20,22). The Balaban J connectivity index is 1.79. The van der Waals surface area contributed by atoms with Gasteiger partial charge in [-0.05, 0) is 36.9 Å². The summed E-state index contributed by atoms with van der Waals surface area (Å²) < 4.78 is 0. The third-order valence-corrected chi connectivity index (χ3v) is 4.84. The molecule has 0 bridgehead atoms. The summed E-state index contributed by atoms with van der Waals surface area (Å²) in [6.07, 6.45) is 1.80. The third kappa shape index (κ3) is 5.11. The number of rotatable bonds is 7. The van der Waals surface area contributed by atoms with Crippen molar-refractivity contribution < 1.29 is 4.79 Å². The smallest absolute Gasteiger partial charge is 0.315 e. The molecule has 2 aromatic rings. The number of halogens is 1. The average molecular weight is 353 g/mol. The fourth-order valence-electron chi connectivity index (χ4n) is 2.11. The van der Waals surface area contributed by atoms with Crippen LogP contribution >= 0.6 is 22.9 Å². The maximum atomic E-state index is 11.8. The first kappa shape index (κ1) is 17.6. The van der Waals surface area contributed by atoms with E-state index in [9.17, 15) is 4.79 Å². The summed E-state index contributed by atoms with van der Waals surface area (Å²) in [7, 11) is 0. The van der Waals surface area contributed by atoms with Crippen LogP contribution in [0.5, 0.6) is 0 Å². The SMILES string of the molecule is CCN(CC)c1ccc(CNC(=O)NCc2sccc2Cl)cn1. The summed E-state index contributed by atoms with van der Waals surface area (Å²) in [4.78, 5) is 19.4. The van der Waals surface area contributed by atoms with E-state index >= 15 is 0 Å². The second-order valence-electron chi connectivity index (χ2n) is 4.92. The molecule has 0 saturated carbocycles. The second kappa shape index (κ2) is 8.74. The highest BCUT2D eigenvalue weighted by molar-refractivity contribution is 7.10. The summed E-state index contributed by atoms with van der Waals surface area (Å²) in [6, 6.07) is 5.57. The molecule has 2 amide bonds. The van der Waals surface area contributed by atoms with Crippen molar-refractivity contribution in [1.29, 1.82) is 0 Å². The molecule has 0 radical (unpaired) electrons. The quantitative estimate of drug-likeness (QED) is 0.799. The van der Waals surface area contributed by atoms with Gasteiger partial charge < -0.3 is 15.5 Å². The van der Waals surface area contributed by atoms with Gasteiger partial charge in [-0.25, -0.2) is 9.78 Å². The fraction of sp³-hybridized carbons (Fsp3) is 0.375. The Morgan fingerprint density at radius 1 is 1.22 bits per heavy atom. The molecule has 0 unspecified atom stereocenters. The highest BCUT2D eigenvalue weighted by Gasteiger charge is 2.06. The van der Waals surface area contributed by atoms with E-state index in [0.29, 0.717) is 18.1 Å². The topological polar surface area (TPSA) is 57.3 Å². The van der Waals surface area contributed by atoms with E-state index in [0.717, 1.165) is 29.3 Å². The Morgan fingerprint density at radius 2 is 1.96 bits per heavy atom. The Kier molecular flexibility index (Phi) is 6.67. The van der Waals surface area contributed by atoms with Gasteiger partial charge in [0.15, 0.2) is 0 Å². The zero-order valence-corrected chi connectivity index (χ0v) is 14.9. The van der Waals surface area contributed by atoms with Gasteiger partial charge in [0.05, 0.1) is 11.6 Å². The van der Waals surface area contributed by atoms with Crippen molar-refractivity contribution >= 4 is 34.8 Å². The minimum Gasteiger partial charge on any atom is -0.357 e. The summed E-state index contributed by atoms with van der Waals surface area (Å²) in [5, 5.41) is 8.20. The van der Waals surface area contributed by atoms with Crippen LogP contribution in [0.3, 0.4) is 0 Å². The molecular formula is C16H21ClN4OS. The summed E-state index contributed by atoms with van der Waals surface area (Å²) in [6.45, 7) is 6.93. The van der Waals surface area contributed by atoms with Gasteiger partial charge >= 0.3 is 6.03 Å². The monoisotopic (exact) mass is 352 g/mol. The van der Waals surface area contributed by atoms with E-state index in [2.05, 4.69) is 34.4 Å². The molecule has 0 saturated heterocycles. The minimum atomic E-state index is -0.220. The number of nitrogens with one attached hydrogen (secondary N) is 2.